The maximum atomic E-state index is 7.29. The first-order chi connectivity index (χ1) is 28.9. The Kier molecular flexibility index (Phi) is 16.4. The van der Waals surface area contributed by atoms with Crippen LogP contribution in [-0.4, -0.2) is 111 Å². The van der Waals surface area contributed by atoms with Gasteiger partial charge in [-0.15, -0.1) is 0 Å². The summed E-state index contributed by atoms with van der Waals surface area (Å²) in [6.45, 7) is 8.07. The number of fused-ring (bicyclic) bond motifs is 1. The molecule has 0 unspecified atom stereocenters. The van der Waals surface area contributed by atoms with Crippen molar-refractivity contribution in [2.24, 2.45) is 0 Å². The van der Waals surface area contributed by atoms with E-state index in [0.29, 0.717) is 33.0 Å². The molecule has 0 aromatic heterocycles. The molecule has 0 spiro atoms. The molecular formula is C46H58O11SeSi. The monoisotopic (exact) mass is 894 g/mol. The Morgan fingerprint density at radius 3 is 1.75 bits per heavy atom. The van der Waals surface area contributed by atoms with E-state index < -0.39 is 70.0 Å². The van der Waals surface area contributed by atoms with E-state index in [4.69, 9.17) is 51.5 Å². The van der Waals surface area contributed by atoms with E-state index in [0.717, 1.165) is 27.6 Å². The Labute approximate surface area is 356 Å². The first-order valence-electron chi connectivity index (χ1n) is 20.4. The predicted octanol–water partition coefficient (Wildman–Crippen LogP) is 7.21. The molecule has 3 heterocycles. The summed E-state index contributed by atoms with van der Waals surface area (Å²) in [5, 5.41) is 0.650. The molecule has 3 fully saturated rings. The number of ether oxygens (including phenoxy) is 9. The van der Waals surface area contributed by atoms with Gasteiger partial charge in [0.05, 0.1) is 0 Å². The summed E-state index contributed by atoms with van der Waals surface area (Å²) in [4.78, 5) is 0. The van der Waals surface area contributed by atoms with Crippen molar-refractivity contribution in [3.8, 4) is 0 Å². The quantitative estimate of drug-likeness (QED) is 0.0894. The van der Waals surface area contributed by atoms with Crippen LogP contribution in [0.2, 0.25) is 18.4 Å². The Morgan fingerprint density at radius 1 is 0.610 bits per heavy atom. The second-order valence-electron chi connectivity index (χ2n) is 15.2. The fourth-order valence-electron chi connectivity index (χ4n) is 7.82. The van der Waals surface area contributed by atoms with Gasteiger partial charge in [-0.25, -0.2) is 0 Å². The Hall–Kier alpha value is -2.82. The van der Waals surface area contributed by atoms with Crippen LogP contribution in [0.5, 0.6) is 0 Å². The van der Waals surface area contributed by atoms with Gasteiger partial charge >= 0.3 is 339 Å². The topological polar surface area (TPSA) is 102 Å². The van der Waals surface area contributed by atoms with Crippen LogP contribution in [0.4, 0.5) is 0 Å². The molecule has 0 aliphatic carbocycles. The second kappa shape index (κ2) is 21.8. The van der Waals surface area contributed by atoms with Crippen LogP contribution < -0.4 is 0 Å². The summed E-state index contributed by atoms with van der Waals surface area (Å²) in [5.74, 6) is 0. The van der Waals surface area contributed by atoms with Crippen LogP contribution in [0.1, 0.15) is 35.5 Å². The van der Waals surface area contributed by atoms with Gasteiger partial charge in [0.2, 0.25) is 0 Å². The van der Waals surface area contributed by atoms with E-state index in [1.165, 1.54) is 0 Å². The molecule has 3 aliphatic heterocycles. The SMILES string of the molecule is CC[Se][C@@H]1O[C@H](COCc2ccccc2)[C@@H](OCc2ccccc2)[C@H](OCc2ccccc2)[C@H]1O[Si](C)(C)O[C@H]1[C@H](OC)O[C@@H]2CO[C@@H](c3ccccc3)O[C@H]2[C@@H]1OC. The van der Waals surface area contributed by atoms with Crippen molar-refractivity contribution < 1.29 is 51.5 Å². The molecule has 4 aromatic carbocycles. The van der Waals surface area contributed by atoms with E-state index in [2.05, 4.69) is 43.3 Å². The van der Waals surface area contributed by atoms with Crippen LogP contribution in [0.25, 0.3) is 0 Å². The molecule has 4 aromatic rings. The zero-order valence-corrected chi connectivity index (χ0v) is 37.3. The molecule has 11 atom stereocenters. The fraction of sp³-hybridized carbons (Fsp3) is 0.478. The van der Waals surface area contributed by atoms with Crippen LogP contribution >= 0.6 is 0 Å². The number of hydrogen-bond donors (Lipinski definition) is 0. The molecule has 0 N–H and O–H groups in total. The van der Waals surface area contributed by atoms with Crippen molar-refractivity contribution in [1.29, 1.82) is 0 Å². The van der Waals surface area contributed by atoms with Gasteiger partial charge in [0, 0.05) is 0 Å². The standard InChI is InChI=1S/C46H58O11SeSi/c1-6-58-46-43(57-59(4,5)56-42-40(47-2)39-37(53-45(42)48-3)31-52-44(55-39)35-25-17-10-18-26-35)41(51-29-34-23-15-9-16-24-34)38(50-28-33-21-13-8-14-22-33)36(54-46)30-49-27-32-19-11-7-12-20-32/h7-26,36-46H,6,27-31H2,1-5H3/t36-,37-,38-,39-,40+,41+,42-,43-,44-,45-,46+/m1/s1. The zero-order chi connectivity index (χ0) is 41.0. The van der Waals surface area contributed by atoms with Gasteiger partial charge in [-0.1, -0.05) is 18.2 Å². The Bertz CT molecular complexity index is 1800. The Balaban J connectivity index is 1.16. The molecule has 59 heavy (non-hydrogen) atoms. The number of hydrogen-bond acceptors (Lipinski definition) is 11. The molecule has 11 nitrogen and oxygen atoms in total. The summed E-state index contributed by atoms with van der Waals surface area (Å²) in [7, 11) is 0.150. The molecule has 3 aliphatic rings. The second-order valence-corrected chi connectivity index (χ2v) is 21.4. The molecule has 0 bridgehead atoms. The summed E-state index contributed by atoms with van der Waals surface area (Å²) in [6.07, 6.45) is -5.44. The van der Waals surface area contributed by atoms with Crippen LogP contribution in [0, 0.1) is 0 Å². The molecule has 7 rings (SSSR count). The molecule has 0 radical (unpaired) electrons. The minimum atomic E-state index is -3.12. The van der Waals surface area contributed by atoms with Crippen molar-refractivity contribution in [3.63, 3.8) is 0 Å². The molecule has 13 heteroatoms. The third kappa shape index (κ3) is 11.8. The predicted molar refractivity (Wildman–Crippen MR) is 225 cm³/mol. The van der Waals surface area contributed by atoms with Crippen molar-refractivity contribution in [3.05, 3.63) is 144 Å². The van der Waals surface area contributed by atoms with E-state index in [1.54, 1.807) is 14.2 Å². The summed E-state index contributed by atoms with van der Waals surface area (Å²) < 4.78 is 72.9. The first-order valence-corrected chi connectivity index (χ1v) is 25.5. The third-order valence-electron chi connectivity index (χ3n) is 10.6. The van der Waals surface area contributed by atoms with Gasteiger partial charge in [-0.2, -0.15) is 0 Å². The van der Waals surface area contributed by atoms with Crippen LogP contribution in [0.3, 0.4) is 0 Å². The third-order valence-corrected chi connectivity index (χ3v) is 14.5. The van der Waals surface area contributed by atoms with E-state index in [9.17, 15) is 0 Å². The molecular weight excluding hydrogens is 836 g/mol. The average Bonchev–Trinajstić information content (AvgIpc) is 3.27. The van der Waals surface area contributed by atoms with Crippen molar-refractivity contribution in [1.82, 2.24) is 0 Å². The first kappa shape index (κ1) is 44.2. The summed E-state index contributed by atoms with van der Waals surface area (Å²) in [6, 6.07) is 40.4. The van der Waals surface area contributed by atoms with Gasteiger partial charge in [0.1, 0.15) is 0 Å². The number of methoxy groups -OCH3 is 2. The van der Waals surface area contributed by atoms with Gasteiger partial charge < -0.3 is 0 Å². The zero-order valence-electron chi connectivity index (χ0n) is 34.5. The van der Waals surface area contributed by atoms with Crippen LogP contribution in [0.15, 0.2) is 121 Å². The molecule has 3 saturated heterocycles. The minimum absolute atomic E-state index is 0.0271. The average molecular weight is 894 g/mol. The van der Waals surface area contributed by atoms with Gasteiger partial charge in [-0.05, 0) is 0 Å². The summed E-state index contributed by atoms with van der Waals surface area (Å²) in [5.41, 5.74) is 4.10. The van der Waals surface area contributed by atoms with Crippen molar-refractivity contribution in [2.75, 3.05) is 27.4 Å². The molecule has 0 amide bonds. The van der Waals surface area contributed by atoms with E-state index in [-0.39, 0.29) is 20.0 Å². The maximum absolute atomic E-state index is 7.29. The van der Waals surface area contributed by atoms with E-state index in [1.807, 2.05) is 98.0 Å². The van der Waals surface area contributed by atoms with Gasteiger partial charge in [0.15, 0.2) is 0 Å². The van der Waals surface area contributed by atoms with Crippen LogP contribution in [-0.2, 0) is 71.3 Å². The number of rotatable bonds is 19. The fourth-order valence-corrected chi connectivity index (χ4v) is 11.9. The van der Waals surface area contributed by atoms with Gasteiger partial charge in [0.25, 0.3) is 0 Å². The summed E-state index contributed by atoms with van der Waals surface area (Å²) >= 11 is 0.0271. The van der Waals surface area contributed by atoms with Crippen molar-refractivity contribution >= 4 is 23.5 Å². The Morgan fingerprint density at radius 2 is 1.17 bits per heavy atom. The van der Waals surface area contributed by atoms with E-state index >= 15 is 0 Å². The number of benzene rings is 4. The normalized spacial score (nSPS) is 29.8. The molecule has 318 valence electrons. The van der Waals surface area contributed by atoms with Gasteiger partial charge in [-0.3, -0.25) is 0 Å². The molecule has 0 saturated carbocycles. The van der Waals surface area contributed by atoms with Crippen molar-refractivity contribution in [2.45, 2.75) is 112 Å².